The highest BCUT2D eigenvalue weighted by molar-refractivity contribution is 6.29. The van der Waals surface area contributed by atoms with Crippen LogP contribution in [0.25, 0.3) is 0 Å². The Labute approximate surface area is 175 Å². The molecule has 0 atom stereocenters. The summed E-state index contributed by atoms with van der Waals surface area (Å²) in [6, 6.07) is 10.9. The van der Waals surface area contributed by atoms with Crippen LogP contribution < -0.4 is 17.0 Å². The number of nitrogens with one attached hydrogen (secondary N) is 1. The minimum absolute atomic E-state index is 0.0262. The number of methoxy groups -OCH3 is 1. The third-order valence-corrected chi connectivity index (χ3v) is 4.48. The lowest BCUT2D eigenvalue weighted by Gasteiger charge is -2.31. The van der Waals surface area contributed by atoms with Gasteiger partial charge in [0.05, 0.1) is 7.11 Å². The number of halogens is 1. The summed E-state index contributed by atoms with van der Waals surface area (Å²) in [6.45, 7) is 5.54. The number of likely N-dealkylation sites (tertiary alicyclic amines) is 1. The largest absolute Gasteiger partial charge is 0.453 e. The van der Waals surface area contributed by atoms with Crippen LogP contribution >= 0.6 is 11.6 Å². The van der Waals surface area contributed by atoms with Crippen LogP contribution in [-0.2, 0) is 11.3 Å². The number of aromatic nitrogens is 2. The summed E-state index contributed by atoms with van der Waals surface area (Å²) < 4.78 is 5.78. The number of H-pyrrole nitrogens is 1. The van der Waals surface area contributed by atoms with E-state index < -0.39 is 17.3 Å². The van der Waals surface area contributed by atoms with Crippen LogP contribution in [0.4, 0.5) is 4.79 Å². The van der Waals surface area contributed by atoms with Gasteiger partial charge in [0, 0.05) is 31.7 Å². The third kappa shape index (κ3) is 7.40. The van der Waals surface area contributed by atoms with E-state index in [1.807, 2.05) is 44.2 Å². The van der Waals surface area contributed by atoms with E-state index in [9.17, 15) is 14.4 Å². The number of nitrogens with zero attached hydrogens (tertiary/aromatic N) is 2. The molecule has 1 aromatic heterocycles. The van der Waals surface area contributed by atoms with E-state index in [4.69, 9.17) is 17.3 Å². The fourth-order valence-electron chi connectivity index (χ4n) is 2.87. The SMILES string of the molecule is CC.COC(=O)N1CCC(n2c(=O)cc(Cl)[nH]c2=O)CC1.NCc1ccccc1. The zero-order chi connectivity index (χ0) is 21.8. The first-order valence-corrected chi connectivity index (χ1v) is 9.92. The summed E-state index contributed by atoms with van der Waals surface area (Å²) >= 11 is 5.61. The van der Waals surface area contributed by atoms with Gasteiger partial charge in [-0.05, 0) is 18.4 Å². The van der Waals surface area contributed by atoms with Crippen molar-refractivity contribution in [2.45, 2.75) is 39.3 Å². The van der Waals surface area contributed by atoms with E-state index in [1.54, 1.807) is 4.90 Å². The van der Waals surface area contributed by atoms with E-state index >= 15 is 0 Å². The van der Waals surface area contributed by atoms with E-state index in [0.717, 1.165) is 4.57 Å². The molecule has 2 aromatic rings. The van der Waals surface area contributed by atoms with Crippen molar-refractivity contribution in [2.24, 2.45) is 5.73 Å². The monoisotopic (exact) mass is 424 g/mol. The molecule has 3 N–H and O–H groups in total. The maximum Gasteiger partial charge on any atom is 0.409 e. The fraction of sp³-hybridized carbons (Fsp3) is 0.450. The van der Waals surface area contributed by atoms with Crippen molar-refractivity contribution in [1.82, 2.24) is 14.5 Å². The van der Waals surface area contributed by atoms with Gasteiger partial charge in [0.15, 0.2) is 0 Å². The zero-order valence-electron chi connectivity index (χ0n) is 17.1. The standard InChI is InChI=1S/C11H14ClN3O4.C7H9N.C2H6/c1-19-11(18)14-4-2-7(3-5-14)15-9(16)6-8(12)13-10(15)17;8-6-7-4-2-1-3-5-7;1-2/h6-7H,2-5H2,1H3,(H,13,17);1-5H,6,8H2;1-2H3. The van der Waals surface area contributed by atoms with Crippen LogP contribution in [0.3, 0.4) is 0 Å². The average Bonchev–Trinajstić information content (AvgIpc) is 2.75. The predicted molar refractivity (Wildman–Crippen MR) is 114 cm³/mol. The predicted octanol–water partition coefficient (Wildman–Crippen LogP) is 2.76. The number of ether oxygens (including phenoxy) is 1. The molecule has 1 saturated heterocycles. The van der Waals surface area contributed by atoms with Gasteiger partial charge < -0.3 is 15.4 Å². The van der Waals surface area contributed by atoms with Crippen molar-refractivity contribution in [1.29, 1.82) is 0 Å². The van der Waals surface area contributed by atoms with Crippen molar-refractivity contribution in [2.75, 3.05) is 20.2 Å². The molecule has 1 aliphatic rings. The highest BCUT2D eigenvalue weighted by Gasteiger charge is 2.26. The number of carbonyl (C=O) groups is 1. The molecule has 0 bridgehead atoms. The Kier molecular flexibility index (Phi) is 10.8. The Balaban J connectivity index is 0.000000351. The number of rotatable bonds is 2. The molecule has 8 nitrogen and oxygen atoms in total. The quantitative estimate of drug-likeness (QED) is 0.720. The molecule has 29 heavy (non-hydrogen) atoms. The molecule has 0 saturated carbocycles. The van der Waals surface area contributed by atoms with Gasteiger partial charge in [0.1, 0.15) is 5.15 Å². The Morgan fingerprint density at radius 1 is 1.21 bits per heavy atom. The highest BCUT2D eigenvalue weighted by Crippen LogP contribution is 2.20. The third-order valence-electron chi connectivity index (χ3n) is 4.27. The molecule has 160 valence electrons. The minimum atomic E-state index is -0.519. The van der Waals surface area contributed by atoms with Crippen molar-refractivity contribution < 1.29 is 9.53 Å². The maximum atomic E-state index is 11.8. The first-order chi connectivity index (χ1) is 14.0. The van der Waals surface area contributed by atoms with Crippen LogP contribution in [0.2, 0.25) is 5.15 Å². The molecular formula is C20H29ClN4O4. The van der Waals surface area contributed by atoms with Gasteiger partial charge in [-0.3, -0.25) is 14.3 Å². The van der Waals surface area contributed by atoms with Crippen molar-refractivity contribution in [3.05, 3.63) is 68.0 Å². The Morgan fingerprint density at radius 3 is 2.24 bits per heavy atom. The molecular weight excluding hydrogens is 396 g/mol. The van der Waals surface area contributed by atoms with Crippen molar-refractivity contribution in [3.63, 3.8) is 0 Å². The van der Waals surface area contributed by atoms with E-state index in [1.165, 1.54) is 18.7 Å². The Hall–Kier alpha value is -2.58. The van der Waals surface area contributed by atoms with Gasteiger partial charge in [-0.1, -0.05) is 55.8 Å². The van der Waals surface area contributed by atoms with E-state index in [-0.39, 0.29) is 11.2 Å². The summed E-state index contributed by atoms with van der Waals surface area (Å²) in [5.74, 6) is 0. The molecule has 0 spiro atoms. The second-order valence-electron chi connectivity index (χ2n) is 6.01. The zero-order valence-corrected chi connectivity index (χ0v) is 17.8. The molecule has 1 aromatic carbocycles. The number of nitrogens with two attached hydrogens (primary N) is 1. The number of hydrogen-bond acceptors (Lipinski definition) is 5. The van der Waals surface area contributed by atoms with Crippen molar-refractivity contribution in [3.8, 4) is 0 Å². The molecule has 2 heterocycles. The lowest BCUT2D eigenvalue weighted by molar-refractivity contribution is 0.106. The highest BCUT2D eigenvalue weighted by atomic mass is 35.5. The van der Waals surface area contributed by atoms with E-state index in [0.29, 0.717) is 32.5 Å². The summed E-state index contributed by atoms with van der Waals surface area (Å²) in [6.07, 6.45) is 0.662. The topological polar surface area (TPSA) is 110 Å². The number of benzene rings is 1. The molecule has 0 unspecified atom stereocenters. The lowest BCUT2D eigenvalue weighted by atomic mass is 10.1. The number of piperidine rings is 1. The van der Waals surface area contributed by atoms with Gasteiger partial charge in [0.25, 0.3) is 5.56 Å². The normalized spacial score (nSPS) is 13.5. The molecule has 1 fully saturated rings. The first kappa shape index (κ1) is 24.5. The minimum Gasteiger partial charge on any atom is -0.453 e. The van der Waals surface area contributed by atoms with Crippen LogP contribution in [0, 0.1) is 0 Å². The molecule has 0 aliphatic carbocycles. The smallest absolute Gasteiger partial charge is 0.409 e. The van der Waals surface area contributed by atoms with Crippen molar-refractivity contribution >= 4 is 17.7 Å². The van der Waals surface area contributed by atoms with Gasteiger partial charge in [0.2, 0.25) is 0 Å². The number of amides is 1. The van der Waals surface area contributed by atoms with Gasteiger partial charge in [-0.2, -0.15) is 0 Å². The van der Waals surface area contributed by atoms with Crippen LogP contribution in [0.15, 0.2) is 46.0 Å². The van der Waals surface area contributed by atoms with E-state index in [2.05, 4.69) is 9.72 Å². The maximum absolute atomic E-state index is 11.8. The number of aromatic amines is 1. The first-order valence-electron chi connectivity index (χ1n) is 9.54. The second-order valence-corrected chi connectivity index (χ2v) is 6.42. The molecule has 1 aliphatic heterocycles. The molecule has 0 radical (unpaired) electrons. The van der Waals surface area contributed by atoms with Crippen LogP contribution in [-0.4, -0.2) is 40.7 Å². The Morgan fingerprint density at radius 2 is 1.79 bits per heavy atom. The number of hydrogen-bond donors (Lipinski definition) is 2. The number of carbonyl (C=O) groups excluding carboxylic acids is 1. The summed E-state index contributed by atoms with van der Waals surface area (Å²) in [5.41, 5.74) is 5.59. The fourth-order valence-corrected chi connectivity index (χ4v) is 3.05. The molecule has 9 heteroatoms. The van der Waals surface area contributed by atoms with Crippen LogP contribution in [0.1, 0.15) is 38.3 Å². The molecule has 1 amide bonds. The Bertz CT molecular complexity index is 828. The summed E-state index contributed by atoms with van der Waals surface area (Å²) in [4.78, 5) is 38.8. The summed E-state index contributed by atoms with van der Waals surface area (Å²) in [5, 5.41) is 0.0262. The van der Waals surface area contributed by atoms with Gasteiger partial charge in [-0.25, -0.2) is 9.59 Å². The van der Waals surface area contributed by atoms with Gasteiger partial charge >= 0.3 is 11.8 Å². The lowest BCUT2D eigenvalue weighted by Crippen LogP contribution is -2.44. The summed E-state index contributed by atoms with van der Waals surface area (Å²) in [7, 11) is 1.32. The molecule has 3 rings (SSSR count). The van der Waals surface area contributed by atoms with Gasteiger partial charge in [-0.15, -0.1) is 0 Å². The average molecular weight is 425 g/mol. The van der Waals surface area contributed by atoms with Crippen LogP contribution in [0.5, 0.6) is 0 Å². The second kappa shape index (κ2) is 12.8.